The fourth-order valence-corrected chi connectivity index (χ4v) is 3.06. The van der Waals surface area contributed by atoms with E-state index in [2.05, 4.69) is 10.3 Å². The number of carbonyl (C=O) groups is 1. The number of rotatable bonds is 6. The number of aromatic nitrogens is 1. The smallest absolute Gasteiger partial charge is 0.255 e. The Hall–Kier alpha value is -3.60. The van der Waals surface area contributed by atoms with Gasteiger partial charge in [0.25, 0.3) is 5.91 Å². The number of ether oxygens (including phenoxy) is 1. The van der Waals surface area contributed by atoms with E-state index in [0.29, 0.717) is 23.6 Å². The first kappa shape index (κ1) is 18.7. The minimum atomic E-state index is -0.175. The van der Waals surface area contributed by atoms with E-state index in [1.54, 1.807) is 12.1 Å². The molecular formula is C24H22N2O3. The highest BCUT2D eigenvalue weighted by molar-refractivity contribution is 6.04. The molecule has 0 spiro atoms. The van der Waals surface area contributed by atoms with Gasteiger partial charge in [-0.25, -0.2) is 4.98 Å². The SMILES string of the molecule is CC(C)Oc1cccc(C(=O)Nc2ccc(Cc3nc4ccccc4o3)cc2)c1. The van der Waals surface area contributed by atoms with Crippen molar-refractivity contribution >= 4 is 22.7 Å². The van der Waals surface area contributed by atoms with Crippen molar-refractivity contribution in [2.45, 2.75) is 26.4 Å². The van der Waals surface area contributed by atoms with Crippen LogP contribution in [0.15, 0.2) is 77.2 Å². The molecule has 0 aliphatic carbocycles. The third-order valence-corrected chi connectivity index (χ3v) is 4.37. The first-order chi connectivity index (χ1) is 14.1. The largest absolute Gasteiger partial charge is 0.491 e. The maximum atomic E-state index is 12.5. The van der Waals surface area contributed by atoms with Crippen molar-refractivity contribution in [2.75, 3.05) is 5.32 Å². The van der Waals surface area contributed by atoms with Gasteiger partial charge in [0.15, 0.2) is 11.5 Å². The number of anilines is 1. The third kappa shape index (κ3) is 4.63. The normalized spacial score (nSPS) is 11.0. The van der Waals surface area contributed by atoms with Gasteiger partial charge in [0, 0.05) is 17.7 Å². The van der Waals surface area contributed by atoms with Gasteiger partial charge in [-0.1, -0.05) is 30.3 Å². The molecule has 0 fully saturated rings. The molecule has 1 aromatic heterocycles. The first-order valence-electron chi connectivity index (χ1n) is 9.58. The van der Waals surface area contributed by atoms with Crippen molar-refractivity contribution in [1.82, 2.24) is 4.98 Å². The monoisotopic (exact) mass is 386 g/mol. The number of nitrogens with one attached hydrogen (secondary N) is 1. The van der Waals surface area contributed by atoms with E-state index in [0.717, 1.165) is 22.4 Å². The second-order valence-electron chi connectivity index (χ2n) is 7.10. The molecule has 29 heavy (non-hydrogen) atoms. The highest BCUT2D eigenvalue weighted by atomic mass is 16.5. The van der Waals surface area contributed by atoms with Gasteiger partial charge in [-0.05, 0) is 61.9 Å². The van der Waals surface area contributed by atoms with Gasteiger partial charge < -0.3 is 14.5 Å². The van der Waals surface area contributed by atoms with Crippen molar-refractivity contribution in [3.63, 3.8) is 0 Å². The van der Waals surface area contributed by atoms with E-state index in [1.165, 1.54) is 0 Å². The minimum absolute atomic E-state index is 0.0575. The third-order valence-electron chi connectivity index (χ3n) is 4.37. The molecule has 4 aromatic rings. The van der Waals surface area contributed by atoms with Crippen molar-refractivity contribution in [3.8, 4) is 5.75 Å². The van der Waals surface area contributed by atoms with E-state index >= 15 is 0 Å². The molecule has 0 aliphatic heterocycles. The summed E-state index contributed by atoms with van der Waals surface area (Å²) in [6.45, 7) is 3.91. The average molecular weight is 386 g/mol. The van der Waals surface area contributed by atoms with Crippen LogP contribution in [0.1, 0.15) is 35.7 Å². The number of para-hydroxylation sites is 2. The van der Waals surface area contributed by atoms with E-state index in [-0.39, 0.29) is 12.0 Å². The molecule has 0 saturated carbocycles. The van der Waals surface area contributed by atoms with Crippen molar-refractivity contribution in [3.05, 3.63) is 89.8 Å². The summed E-state index contributed by atoms with van der Waals surface area (Å²) in [4.78, 5) is 17.0. The Morgan fingerprint density at radius 3 is 2.59 bits per heavy atom. The van der Waals surface area contributed by atoms with E-state index in [9.17, 15) is 4.79 Å². The van der Waals surface area contributed by atoms with Crippen LogP contribution in [0, 0.1) is 0 Å². The minimum Gasteiger partial charge on any atom is -0.491 e. The summed E-state index contributed by atoms with van der Waals surface area (Å²) in [5.41, 5.74) is 3.98. The number of carbonyl (C=O) groups excluding carboxylic acids is 1. The lowest BCUT2D eigenvalue weighted by molar-refractivity contribution is 0.102. The number of hydrogen-bond donors (Lipinski definition) is 1. The van der Waals surface area contributed by atoms with Gasteiger partial charge in [-0.3, -0.25) is 4.79 Å². The summed E-state index contributed by atoms with van der Waals surface area (Å²) in [6, 6.07) is 22.6. The van der Waals surface area contributed by atoms with E-state index < -0.39 is 0 Å². The van der Waals surface area contributed by atoms with Crippen LogP contribution in [0.2, 0.25) is 0 Å². The number of oxazole rings is 1. The lowest BCUT2D eigenvalue weighted by Gasteiger charge is -2.11. The molecule has 1 N–H and O–H groups in total. The molecule has 0 bridgehead atoms. The van der Waals surface area contributed by atoms with Crippen LogP contribution < -0.4 is 10.1 Å². The van der Waals surface area contributed by atoms with Gasteiger partial charge in [0.05, 0.1) is 6.10 Å². The molecule has 5 heteroatoms. The fraction of sp³-hybridized carbons (Fsp3) is 0.167. The Kier molecular flexibility index (Phi) is 5.29. The molecule has 1 heterocycles. The average Bonchev–Trinajstić information content (AvgIpc) is 3.11. The Labute approximate surface area is 169 Å². The Morgan fingerprint density at radius 1 is 1.03 bits per heavy atom. The van der Waals surface area contributed by atoms with Crippen LogP contribution in [-0.2, 0) is 6.42 Å². The van der Waals surface area contributed by atoms with Gasteiger partial charge in [0.1, 0.15) is 11.3 Å². The Morgan fingerprint density at radius 2 is 1.83 bits per heavy atom. The van der Waals surface area contributed by atoms with E-state index in [4.69, 9.17) is 9.15 Å². The van der Waals surface area contributed by atoms with Gasteiger partial charge in [-0.15, -0.1) is 0 Å². The highest BCUT2D eigenvalue weighted by Crippen LogP contribution is 2.20. The number of nitrogens with zero attached hydrogens (tertiary/aromatic N) is 1. The van der Waals surface area contributed by atoms with Crippen LogP contribution in [0.25, 0.3) is 11.1 Å². The molecule has 0 radical (unpaired) electrons. The summed E-state index contributed by atoms with van der Waals surface area (Å²) in [5, 5.41) is 2.92. The number of hydrogen-bond acceptors (Lipinski definition) is 4. The summed E-state index contributed by atoms with van der Waals surface area (Å²) in [5.74, 6) is 1.18. The first-order valence-corrected chi connectivity index (χ1v) is 9.58. The summed E-state index contributed by atoms with van der Waals surface area (Å²) in [6.07, 6.45) is 0.652. The van der Waals surface area contributed by atoms with Crippen LogP contribution >= 0.6 is 0 Å². The predicted molar refractivity (Wildman–Crippen MR) is 113 cm³/mol. The summed E-state index contributed by atoms with van der Waals surface area (Å²) < 4.78 is 11.4. The molecule has 0 atom stereocenters. The van der Waals surface area contributed by atoms with Crippen molar-refractivity contribution in [1.29, 1.82) is 0 Å². The molecule has 5 nitrogen and oxygen atoms in total. The van der Waals surface area contributed by atoms with Crippen LogP contribution in [0.5, 0.6) is 5.75 Å². The van der Waals surface area contributed by atoms with Gasteiger partial charge >= 0.3 is 0 Å². The van der Waals surface area contributed by atoms with E-state index in [1.807, 2.05) is 74.5 Å². The second-order valence-corrected chi connectivity index (χ2v) is 7.10. The fourth-order valence-electron chi connectivity index (χ4n) is 3.06. The molecule has 0 saturated heterocycles. The number of fused-ring (bicyclic) bond motifs is 1. The molecule has 0 unspecified atom stereocenters. The lowest BCUT2D eigenvalue weighted by atomic mass is 10.1. The molecule has 1 amide bonds. The molecule has 4 rings (SSSR count). The molecule has 0 aliphatic rings. The van der Waals surface area contributed by atoms with Crippen molar-refractivity contribution in [2.24, 2.45) is 0 Å². The number of amides is 1. The lowest BCUT2D eigenvalue weighted by Crippen LogP contribution is -2.12. The molecule has 146 valence electrons. The maximum absolute atomic E-state index is 12.5. The standard InChI is InChI=1S/C24H22N2O3/c1-16(2)28-20-7-5-6-18(15-20)24(27)25-19-12-10-17(11-13-19)14-23-26-21-8-3-4-9-22(21)29-23/h3-13,15-16H,14H2,1-2H3,(H,25,27). The zero-order valence-electron chi connectivity index (χ0n) is 16.4. The molecular weight excluding hydrogens is 364 g/mol. The zero-order chi connectivity index (χ0) is 20.2. The van der Waals surface area contributed by atoms with Crippen LogP contribution in [0.4, 0.5) is 5.69 Å². The van der Waals surface area contributed by atoms with Crippen LogP contribution in [0.3, 0.4) is 0 Å². The maximum Gasteiger partial charge on any atom is 0.255 e. The molecule has 3 aromatic carbocycles. The topological polar surface area (TPSA) is 64.4 Å². The second kappa shape index (κ2) is 8.19. The number of benzene rings is 3. The van der Waals surface area contributed by atoms with Crippen molar-refractivity contribution < 1.29 is 13.9 Å². The Bertz CT molecular complexity index is 1100. The van der Waals surface area contributed by atoms with Gasteiger partial charge in [0.2, 0.25) is 0 Å². The highest BCUT2D eigenvalue weighted by Gasteiger charge is 2.09. The Balaban J connectivity index is 1.42. The quantitative estimate of drug-likeness (QED) is 0.478. The summed E-state index contributed by atoms with van der Waals surface area (Å²) >= 11 is 0. The van der Waals surface area contributed by atoms with Gasteiger partial charge in [-0.2, -0.15) is 0 Å². The zero-order valence-corrected chi connectivity index (χ0v) is 16.4. The summed E-state index contributed by atoms with van der Waals surface area (Å²) in [7, 11) is 0. The predicted octanol–water partition coefficient (Wildman–Crippen LogP) is 5.46. The van der Waals surface area contributed by atoms with Crippen LogP contribution in [-0.4, -0.2) is 17.0 Å².